The van der Waals surface area contributed by atoms with Crippen molar-refractivity contribution in [2.24, 2.45) is 0 Å². The number of carbonyl (C=O) groups excluding carboxylic acids is 2. The summed E-state index contributed by atoms with van der Waals surface area (Å²) in [6.07, 6.45) is 1.60. The van der Waals surface area contributed by atoms with Crippen LogP contribution in [0.1, 0.15) is 26.7 Å². The lowest BCUT2D eigenvalue weighted by atomic mass is 10.2. The summed E-state index contributed by atoms with van der Waals surface area (Å²) < 4.78 is 0. The third kappa shape index (κ3) is 4.00. The third-order valence-electron chi connectivity index (χ3n) is 2.75. The van der Waals surface area contributed by atoms with Crippen LogP contribution in [0.4, 0.5) is 0 Å². The fourth-order valence-corrected chi connectivity index (χ4v) is 1.83. The highest BCUT2D eigenvalue weighted by molar-refractivity contribution is 5.80. The van der Waals surface area contributed by atoms with Gasteiger partial charge in [-0.15, -0.1) is 0 Å². The number of nitrogens with zero attached hydrogens (tertiary/aromatic N) is 2. The average Bonchev–Trinajstić information content (AvgIpc) is 2.18. The molecule has 4 nitrogen and oxygen atoms in total. The van der Waals surface area contributed by atoms with Crippen molar-refractivity contribution in [3.8, 4) is 0 Å². The van der Waals surface area contributed by atoms with Crippen molar-refractivity contribution >= 4 is 11.7 Å². The minimum atomic E-state index is 0.134. The highest BCUT2D eigenvalue weighted by Gasteiger charge is 2.19. The second-order valence-electron chi connectivity index (χ2n) is 4.07. The van der Waals surface area contributed by atoms with E-state index in [-0.39, 0.29) is 5.91 Å². The molecule has 0 aromatic heterocycles. The minimum absolute atomic E-state index is 0.134. The molecule has 0 radical (unpaired) electrons. The van der Waals surface area contributed by atoms with Crippen LogP contribution in [0, 0.1) is 0 Å². The molecule has 1 saturated heterocycles. The molecule has 0 aromatic rings. The molecule has 1 aliphatic heterocycles. The number of hydrogen-bond acceptors (Lipinski definition) is 3. The first-order valence-electron chi connectivity index (χ1n) is 5.63. The van der Waals surface area contributed by atoms with Gasteiger partial charge in [0.1, 0.15) is 5.78 Å². The second kappa shape index (κ2) is 5.85. The van der Waals surface area contributed by atoms with E-state index in [2.05, 4.69) is 4.90 Å². The minimum Gasteiger partial charge on any atom is -0.340 e. The van der Waals surface area contributed by atoms with Gasteiger partial charge >= 0.3 is 0 Å². The zero-order valence-corrected chi connectivity index (χ0v) is 9.66. The van der Waals surface area contributed by atoms with Gasteiger partial charge < -0.3 is 4.90 Å². The third-order valence-corrected chi connectivity index (χ3v) is 2.75. The molecule has 1 heterocycles. The Hall–Kier alpha value is -0.900. The Bertz CT molecular complexity index is 233. The molecule has 0 unspecified atom stereocenters. The van der Waals surface area contributed by atoms with E-state index in [0.717, 1.165) is 32.6 Å². The summed E-state index contributed by atoms with van der Waals surface area (Å²) in [6.45, 7) is 7.34. The summed E-state index contributed by atoms with van der Waals surface area (Å²) in [4.78, 5) is 26.4. The summed E-state index contributed by atoms with van der Waals surface area (Å²) in [5.74, 6) is 0.448. The Labute approximate surface area is 91.2 Å². The molecule has 1 amide bonds. The van der Waals surface area contributed by atoms with E-state index in [1.54, 1.807) is 6.92 Å². The molecule has 0 atom stereocenters. The van der Waals surface area contributed by atoms with Crippen molar-refractivity contribution in [1.82, 2.24) is 9.80 Å². The Morgan fingerprint density at radius 2 is 1.73 bits per heavy atom. The van der Waals surface area contributed by atoms with Crippen molar-refractivity contribution in [1.29, 1.82) is 0 Å². The fraction of sp³-hybridized carbons (Fsp3) is 0.818. The predicted octanol–water partition coefficient (Wildman–Crippen LogP) is 0.520. The number of hydrogen-bond donors (Lipinski definition) is 0. The monoisotopic (exact) mass is 212 g/mol. The van der Waals surface area contributed by atoms with E-state index in [9.17, 15) is 9.59 Å². The van der Waals surface area contributed by atoms with Gasteiger partial charge in [0.25, 0.3) is 0 Å². The standard InChI is InChI=1S/C11H20N2O2/c1-3-4-11(15)9-12-5-7-13(8-6-12)10(2)14/h3-9H2,1-2H3. The summed E-state index contributed by atoms with van der Waals surface area (Å²) >= 11 is 0. The quantitative estimate of drug-likeness (QED) is 0.682. The Kier molecular flexibility index (Phi) is 4.75. The van der Waals surface area contributed by atoms with Crippen LogP contribution < -0.4 is 0 Å². The number of Topliss-reactive ketones (excluding diaryl/α,β-unsaturated/α-hetero) is 1. The van der Waals surface area contributed by atoms with E-state index in [1.807, 2.05) is 11.8 Å². The molecule has 0 aromatic carbocycles. The molecule has 1 rings (SSSR count). The van der Waals surface area contributed by atoms with Gasteiger partial charge in [-0.05, 0) is 6.42 Å². The molecule has 0 saturated carbocycles. The first-order chi connectivity index (χ1) is 7.13. The molecule has 86 valence electrons. The van der Waals surface area contributed by atoms with Gasteiger partial charge in [0, 0.05) is 39.5 Å². The van der Waals surface area contributed by atoms with Crippen LogP contribution in [0.2, 0.25) is 0 Å². The van der Waals surface area contributed by atoms with E-state index in [1.165, 1.54) is 0 Å². The van der Waals surface area contributed by atoms with Crippen LogP contribution in [-0.4, -0.2) is 54.2 Å². The van der Waals surface area contributed by atoms with Gasteiger partial charge in [-0.2, -0.15) is 0 Å². The molecule has 4 heteroatoms. The van der Waals surface area contributed by atoms with Crippen LogP contribution in [0.15, 0.2) is 0 Å². The van der Waals surface area contributed by atoms with Crippen LogP contribution >= 0.6 is 0 Å². The van der Waals surface area contributed by atoms with Crippen molar-refractivity contribution in [3.63, 3.8) is 0 Å². The van der Waals surface area contributed by atoms with Gasteiger partial charge in [-0.3, -0.25) is 14.5 Å². The number of rotatable bonds is 4. The zero-order chi connectivity index (χ0) is 11.3. The van der Waals surface area contributed by atoms with E-state index < -0.39 is 0 Å². The topological polar surface area (TPSA) is 40.6 Å². The van der Waals surface area contributed by atoms with E-state index >= 15 is 0 Å². The van der Waals surface area contributed by atoms with Gasteiger partial charge in [0.05, 0.1) is 6.54 Å². The lowest BCUT2D eigenvalue weighted by Gasteiger charge is -2.33. The van der Waals surface area contributed by atoms with E-state index in [4.69, 9.17) is 0 Å². The number of piperazine rings is 1. The Balaban J connectivity index is 2.25. The molecule has 1 fully saturated rings. The maximum atomic E-state index is 11.4. The smallest absolute Gasteiger partial charge is 0.219 e. The average molecular weight is 212 g/mol. The highest BCUT2D eigenvalue weighted by Crippen LogP contribution is 2.03. The molecule has 1 aliphatic rings. The van der Waals surface area contributed by atoms with Gasteiger partial charge in [-0.25, -0.2) is 0 Å². The summed E-state index contributed by atoms with van der Waals surface area (Å²) in [5.41, 5.74) is 0. The molecule has 0 N–H and O–H groups in total. The van der Waals surface area contributed by atoms with Crippen molar-refractivity contribution in [2.75, 3.05) is 32.7 Å². The lowest BCUT2D eigenvalue weighted by Crippen LogP contribution is -2.49. The summed E-state index contributed by atoms with van der Waals surface area (Å²) in [6, 6.07) is 0. The molecule has 15 heavy (non-hydrogen) atoms. The first kappa shape index (κ1) is 12.2. The SMILES string of the molecule is CCCC(=O)CN1CCN(C(C)=O)CC1. The normalized spacial score (nSPS) is 17.9. The molecular weight excluding hydrogens is 192 g/mol. The number of ketones is 1. The fourth-order valence-electron chi connectivity index (χ4n) is 1.83. The van der Waals surface area contributed by atoms with Gasteiger partial charge in [0.15, 0.2) is 0 Å². The maximum Gasteiger partial charge on any atom is 0.219 e. The lowest BCUT2D eigenvalue weighted by molar-refractivity contribution is -0.130. The van der Waals surface area contributed by atoms with Crippen LogP contribution in [0.5, 0.6) is 0 Å². The summed E-state index contributed by atoms with van der Waals surface area (Å²) in [5, 5.41) is 0. The molecule has 0 spiro atoms. The van der Waals surface area contributed by atoms with Crippen LogP contribution in [0.3, 0.4) is 0 Å². The Morgan fingerprint density at radius 1 is 1.13 bits per heavy atom. The first-order valence-corrected chi connectivity index (χ1v) is 5.63. The maximum absolute atomic E-state index is 11.4. The van der Waals surface area contributed by atoms with Crippen molar-refractivity contribution < 1.29 is 9.59 Å². The van der Waals surface area contributed by atoms with Gasteiger partial charge in [0.2, 0.25) is 5.91 Å². The van der Waals surface area contributed by atoms with Crippen LogP contribution in [-0.2, 0) is 9.59 Å². The van der Waals surface area contributed by atoms with Crippen LogP contribution in [0.25, 0.3) is 0 Å². The number of amides is 1. The van der Waals surface area contributed by atoms with Crippen molar-refractivity contribution in [3.05, 3.63) is 0 Å². The highest BCUT2D eigenvalue weighted by atomic mass is 16.2. The molecule has 0 bridgehead atoms. The second-order valence-corrected chi connectivity index (χ2v) is 4.07. The summed E-state index contributed by atoms with van der Waals surface area (Å²) in [7, 11) is 0. The predicted molar refractivity (Wildman–Crippen MR) is 58.6 cm³/mol. The largest absolute Gasteiger partial charge is 0.340 e. The van der Waals surface area contributed by atoms with Gasteiger partial charge in [-0.1, -0.05) is 6.92 Å². The van der Waals surface area contributed by atoms with Crippen molar-refractivity contribution in [2.45, 2.75) is 26.7 Å². The Morgan fingerprint density at radius 3 is 2.20 bits per heavy atom. The molecular formula is C11H20N2O2. The number of carbonyl (C=O) groups is 2. The zero-order valence-electron chi connectivity index (χ0n) is 9.66. The molecule has 0 aliphatic carbocycles. The van der Waals surface area contributed by atoms with E-state index in [0.29, 0.717) is 18.7 Å².